The number of benzene rings is 1. The van der Waals surface area contributed by atoms with Gasteiger partial charge in [-0.1, -0.05) is 0 Å². The van der Waals surface area contributed by atoms with E-state index >= 15 is 0 Å². The molecule has 0 aliphatic rings. The fraction of sp³-hybridized carbons (Fsp3) is 0.385. The van der Waals surface area contributed by atoms with Gasteiger partial charge in [0.15, 0.2) is 6.61 Å². The van der Waals surface area contributed by atoms with Crippen molar-refractivity contribution in [2.24, 2.45) is 0 Å². The van der Waals surface area contributed by atoms with Crippen LogP contribution in [0.3, 0.4) is 0 Å². The van der Waals surface area contributed by atoms with Crippen LogP contribution in [0.1, 0.15) is 16.8 Å². The fourth-order valence-electron chi connectivity index (χ4n) is 1.39. The number of methoxy groups -OCH3 is 1. The molecule has 1 aromatic carbocycles. The van der Waals surface area contributed by atoms with E-state index in [1.54, 1.807) is 13.2 Å². The molecule has 0 unspecified atom stereocenters. The Labute approximate surface area is 130 Å². The topological polar surface area (TPSA) is 84.9 Å². The van der Waals surface area contributed by atoms with E-state index in [-0.39, 0.29) is 18.1 Å². The minimum absolute atomic E-state index is 0.126. The van der Waals surface area contributed by atoms with Gasteiger partial charge in [0.1, 0.15) is 5.75 Å². The van der Waals surface area contributed by atoms with Crippen LogP contribution >= 0.6 is 22.6 Å². The van der Waals surface area contributed by atoms with E-state index in [1.165, 1.54) is 12.1 Å². The number of carbonyl (C=O) groups excluding carboxylic acids is 1. The molecule has 0 bridgehead atoms. The summed E-state index contributed by atoms with van der Waals surface area (Å²) >= 11 is 2.02. The van der Waals surface area contributed by atoms with Gasteiger partial charge in [-0.05, 0) is 47.2 Å². The summed E-state index contributed by atoms with van der Waals surface area (Å²) in [6.07, 6.45) is 0.730. The van der Waals surface area contributed by atoms with E-state index < -0.39 is 5.97 Å². The lowest BCUT2D eigenvalue weighted by atomic mass is 10.2. The van der Waals surface area contributed by atoms with E-state index in [2.05, 4.69) is 5.32 Å². The number of halogens is 1. The number of hydrogen-bond donors (Lipinski definition) is 2. The summed E-state index contributed by atoms with van der Waals surface area (Å²) < 4.78 is 10.9. The number of carbonyl (C=O) groups is 2. The van der Waals surface area contributed by atoms with E-state index in [9.17, 15) is 9.59 Å². The van der Waals surface area contributed by atoms with E-state index in [0.717, 1.165) is 9.99 Å². The van der Waals surface area contributed by atoms with Crippen LogP contribution < -0.4 is 10.1 Å². The molecule has 0 heterocycles. The predicted molar refractivity (Wildman–Crippen MR) is 81.1 cm³/mol. The zero-order valence-corrected chi connectivity index (χ0v) is 13.2. The Morgan fingerprint density at radius 1 is 1.40 bits per heavy atom. The highest BCUT2D eigenvalue weighted by Crippen LogP contribution is 2.22. The maximum absolute atomic E-state index is 11.5. The molecule has 0 aromatic heterocycles. The summed E-state index contributed by atoms with van der Waals surface area (Å²) in [5.74, 6) is -0.898. The molecule has 0 atom stereocenters. The van der Waals surface area contributed by atoms with Crippen molar-refractivity contribution in [3.05, 3.63) is 27.3 Å². The van der Waals surface area contributed by atoms with Gasteiger partial charge in [-0.25, -0.2) is 4.79 Å². The lowest BCUT2D eigenvalue weighted by Crippen LogP contribution is -2.30. The Morgan fingerprint density at radius 3 is 2.80 bits per heavy atom. The molecule has 20 heavy (non-hydrogen) atoms. The third-order valence-corrected chi connectivity index (χ3v) is 3.28. The molecule has 0 radical (unpaired) electrons. The molecular formula is C13H16INO5. The van der Waals surface area contributed by atoms with E-state index in [0.29, 0.717) is 18.9 Å². The standard InChI is InChI=1S/C13H16INO5/c1-19-6-2-5-15-12(16)8-20-11-7-9(13(17)18)3-4-10(11)14/h3-4,7H,2,5-6,8H2,1H3,(H,15,16)(H,17,18). The fourth-order valence-corrected chi connectivity index (χ4v) is 1.88. The summed E-state index contributed by atoms with van der Waals surface area (Å²) in [6.45, 7) is 0.952. The smallest absolute Gasteiger partial charge is 0.335 e. The van der Waals surface area contributed by atoms with Crippen LogP contribution in [0.4, 0.5) is 0 Å². The largest absolute Gasteiger partial charge is 0.483 e. The van der Waals surface area contributed by atoms with Crippen molar-refractivity contribution in [3.63, 3.8) is 0 Å². The first-order valence-electron chi connectivity index (χ1n) is 5.96. The van der Waals surface area contributed by atoms with Gasteiger partial charge in [0.05, 0.1) is 9.13 Å². The highest BCUT2D eigenvalue weighted by Gasteiger charge is 2.09. The Hall–Kier alpha value is -1.35. The molecule has 0 aliphatic carbocycles. The van der Waals surface area contributed by atoms with Crippen LogP contribution in [0, 0.1) is 3.57 Å². The number of hydrogen-bond acceptors (Lipinski definition) is 4. The SMILES string of the molecule is COCCCNC(=O)COc1cc(C(=O)O)ccc1I. The number of aromatic carboxylic acids is 1. The summed E-state index contributed by atoms with van der Waals surface area (Å²) in [5, 5.41) is 11.6. The maximum Gasteiger partial charge on any atom is 0.335 e. The van der Waals surface area contributed by atoms with Crippen LogP contribution in [0.15, 0.2) is 18.2 Å². The lowest BCUT2D eigenvalue weighted by Gasteiger charge is -2.09. The highest BCUT2D eigenvalue weighted by atomic mass is 127. The number of carboxylic acids is 1. The Kier molecular flexibility index (Phi) is 7.31. The Morgan fingerprint density at radius 2 is 2.15 bits per heavy atom. The molecule has 0 aliphatic heterocycles. The van der Waals surface area contributed by atoms with Crippen molar-refractivity contribution in [2.45, 2.75) is 6.42 Å². The molecule has 0 fully saturated rings. The van der Waals surface area contributed by atoms with Gasteiger partial charge < -0.3 is 19.9 Å². The molecule has 1 rings (SSSR count). The van der Waals surface area contributed by atoms with Crippen molar-refractivity contribution < 1.29 is 24.2 Å². The molecule has 7 heteroatoms. The van der Waals surface area contributed by atoms with Gasteiger partial charge in [0, 0.05) is 20.3 Å². The van der Waals surface area contributed by atoms with Crippen LogP contribution in [0.2, 0.25) is 0 Å². The number of ether oxygens (including phenoxy) is 2. The molecular weight excluding hydrogens is 377 g/mol. The molecule has 0 saturated heterocycles. The van der Waals surface area contributed by atoms with Crippen molar-refractivity contribution >= 4 is 34.5 Å². The van der Waals surface area contributed by atoms with Crippen molar-refractivity contribution in [1.29, 1.82) is 0 Å². The molecule has 2 N–H and O–H groups in total. The Balaban J connectivity index is 2.46. The average Bonchev–Trinajstić information content (AvgIpc) is 2.42. The quantitative estimate of drug-likeness (QED) is 0.517. The second-order valence-corrected chi connectivity index (χ2v) is 5.10. The molecule has 0 saturated carbocycles. The number of rotatable bonds is 8. The zero-order chi connectivity index (χ0) is 15.0. The van der Waals surface area contributed by atoms with Gasteiger partial charge in [-0.15, -0.1) is 0 Å². The first-order chi connectivity index (χ1) is 9.54. The van der Waals surface area contributed by atoms with E-state index in [1.807, 2.05) is 22.6 Å². The van der Waals surface area contributed by atoms with E-state index in [4.69, 9.17) is 14.6 Å². The minimum atomic E-state index is -1.03. The Bertz CT molecular complexity index is 478. The molecule has 6 nitrogen and oxygen atoms in total. The summed E-state index contributed by atoms with van der Waals surface area (Å²) in [5.41, 5.74) is 0.126. The third-order valence-electron chi connectivity index (χ3n) is 2.38. The summed E-state index contributed by atoms with van der Waals surface area (Å²) in [7, 11) is 1.60. The van der Waals surface area contributed by atoms with Gasteiger partial charge >= 0.3 is 5.97 Å². The normalized spacial score (nSPS) is 10.1. The zero-order valence-electron chi connectivity index (χ0n) is 11.0. The van der Waals surface area contributed by atoms with Crippen molar-refractivity contribution in [2.75, 3.05) is 26.9 Å². The summed E-state index contributed by atoms with van der Waals surface area (Å²) in [4.78, 5) is 22.4. The number of carboxylic acid groups (broad SMARTS) is 1. The monoisotopic (exact) mass is 393 g/mol. The van der Waals surface area contributed by atoms with Gasteiger partial charge in [0.2, 0.25) is 0 Å². The van der Waals surface area contributed by atoms with Crippen LogP contribution in [0.5, 0.6) is 5.75 Å². The first kappa shape index (κ1) is 16.7. The molecule has 1 aromatic rings. The lowest BCUT2D eigenvalue weighted by molar-refractivity contribution is -0.123. The van der Waals surface area contributed by atoms with Crippen LogP contribution in [-0.2, 0) is 9.53 Å². The van der Waals surface area contributed by atoms with Crippen molar-refractivity contribution in [1.82, 2.24) is 5.32 Å². The highest BCUT2D eigenvalue weighted by molar-refractivity contribution is 14.1. The predicted octanol–water partition coefficient (Wildman–Crippen LogP) is 1.52. The van der Waals surface area contributed by atoms with Crippen LogP contribution in [0.25, 0.3) is 0 Å². The maximum atomic E-state index is 11.5. The second kappa shape index (κ2) is 8.75. The number of amides is 1. The second-order valence-electron chi connectivity index (χ2n) is 3.94. The number of nitrogens with one attached hydrogen (secondary N) is 1. The van der Waals surface area contributed by atoms with Gasteiger partial charge in [-0.2, -0.15) is 0 Å². The molecule has 110 valence electrons. The molecule has 1 amide bonds. The third kappa shape index (κ3) is 5.74. The van der Waals surface area contributed by atoms with Crippen molar-refractivity contribution in [3.8, 4) is 5.75 Å². The first-order valence-corrected chi connectivity index (χ1v) is 7.03. The van der Waals surface area contributed by atoms with Crippen LogP contribution in [-0.4, -0.2) is 43.9 Å². The molecule has 0 spiro atoms. The minimum Gasteiger partial charge on any atom is -0.483 e. The van der Waals surface area contributed by atoms with Gasteiger partial charge in [0.25, 0.3) is 5.91 Å². The van der Waals surface area contributed by atoms with Gasteiger partial charge in [-0.3, -0.25) is 4.79 Å². The summed E-state index contributed by atoms with van der Waals surface area (Å²) in [6, 6.07) is 4.53. The average molecular weight is 393 g/mol.